The van der Waals surface area contributed by atoms with E-state index in [1.807, 2.05) is 32.0 Å². The van der Waals surface area contributed by atoms with E-state index in [-0.39, 0.29) is 0 Å². The van der Waals surface area contributed by atoms with Gasteiger partial charge in [-0.3, -0.25) is 0 Å². The number of aryl methyl sites for hydroxylation is 2. The maximum Gasteiger partial charge on any atom is 0.227 e. The lowest BCUT2D eigenvalue weighted by atomic mass is 10.2. The van der Waals surface area contributed by atoms with Gasteiger partial charge >= 0.3 is 0 Å². The van der Waals surface area contributed by atoms with Crippen molar-refractivity contribution in [2.24, 2.45) is 0 Å². The summed E-state index contributed by atoms with van der Waals surface area (Å²) in [5.74, 6) is 1.61. The number of rotatable bonds is 3. The van der Waals surface area contributed by atoms with E-state index in [1.165, 1.54) is 0 Å². The first-order chi connectivity index (χ1) is 8.60. The van der Waals surface area contributed by atoms with Crippen LogP contribution < -0.4 is 10.1 Å². The van der Waals surface area contributed by atoms with Crippen LogP contribution in [-0.4, -0.2) is 17.0 Å². The topological polar surface area (TPSA) is 47.0 Å². The minimum Gasteiger partial charge on any atom is -0.437 e. The van der Waals surface area contributed by atoms with Gasteiger partial charge in [0.2, 0.25) is 11.8 Å². The Labute approximate surface area is 111 Å². The zero-order chi connectivity index (χ0) is 13.1. The number of benzene rings is 1. The van der Waals surface area contributed by atoms with Gasteiger partial charge in [0, 0.05) is 18.8 Å². The fraction of sp³-hybridized carbons (Fsp3) is 0.231. The molecule has 94 valence electrons. The summed E-state index contributed by atoms with van der Waals surface area (Å²) in [4.78, 5) is 8.36. The lowest BCUT2D eigenvalue weighted by molar-refractivity contribution is 0.458. The Balaban J connectivity index is 2.36. The van der Waals surface area contributed by atoms with E-state index in [0.29, 0.717) is 22.6 Å². The first kappa shape index (κ1) is 12.6. The van der Waals surface area contributed by atoms with Gasteiger partial charge in [0.1, 0.15) is 5.75 Å². The molecule has 0 saturated carbocycles. The molecular weight excluding hydrogens is 250 g/mol. The van der Waals surface area contributed by atoms with Crippen LogP contribution in [-0.2, 0) is 0 Å². The van der Waals surface area contributed by atoms with E-state index in [0.717, 1.165) is 11.1 Å². The molecule has 0 atom stereocenters. The van der Waals surface area contributed by atoms with Crippen molar-refractivity contribution in [1.82, 2.24) is 9.97 Å². The Hall–Kier alpha value is -1.81. The molecule has 0 amide bonds. The first-order valence-electron chi connectivity index (χ1n) is 5.55. The van der Waals surface area contributed by atoms with E-state index in [2.05, 4.69) is 15.3 Å². The molecule has 18 heavy (non-hydrogen) atoms. The predicted octanol–water partition coefficient (Wildman–Crippen LogP) is 3.58. The van der Waals surface area contributed by atoms with Crippen LogP contribution in [0.3, 0.4) is 0 Å². The summed E-state index contributed by atoms with van der Waals surface area (Å²) in [5.41, 5.74) is 1.93. The van der Waals surface area contributed by atoms with E-state index >= 15 is 0 Å². The number of hydrogen-bond acceptors (Lipinski definition) is 4. The molecule has 0 radical (unpaired) electrons. The van der Waals surface area contributed by atoms with Crippen LogP contribution in [0.1, 0.15) is 11.1 Å². The number of anilines is 1. The zero-order valence-electron chi connectivity index (χ0n) is 10.5. The molecule has 1 N–H and O–H groups in total. The van der Waals surface area contributed by atoms with Crippen LogP contribution in [0.15, 0.2) is 24.4 Å². The van der Waals surface area contributed by atoms with Crippen LogP contribution in [0, 0.1) is 13.8 Å². The van der Waals surface area contributed by atoms with Crippen molar-refractivity contribution in [2.75, 3.05) is 12.4 Å². The number of hydrogen-bond donors (Lipinski definition) is 1. The quantitative estimate of drug-likeness (QED) is 0.919. The van der Waals surface area contributed by atoms with Crippen LogP contribution >= 0.6 is 11.6 Å². The summed E-state index contributed by atoms with van der Waals surface area (Å²) in [6, 6.07) is 5.62. The second kappa shape index (κ2) is 5.23. The maximum absolute atomic E-state index is 6.09. The average molecular weight is 264 g/mol. The fourth-order valence-electron chi connectivity index (χ4n) is 1.44. The molecular formula is C13H14ClN3O. The van der Waals surface area contributed by atoms with Gasteiger partial charge in [0.05, 0.1) is 5.02 Å². The first-order valence-corrected chi connectivity index (χ1v) is 5.93. The summed E-state index contributed by atoms with van der Waals surface area (Å²) >= 11 is 6.09. The summed E-state index contributed by atoms with van der Waals surface area (Å²) in [5, 5.41) is 3.43. The highest BCUT2D eigenvalue weighted by Gasteiger charge is 2.08. The van der Waals surface area contributed by atoms with E-state index in [1.54, 1.807) is 13.2 Å². The number of ether oxygens (including phenoxy) is 1. The van der Waals surface area contributed by atoms with Gasteiger partial charge in [-0.2, -0.15) is 4.98 Å². The van der Waals surface area contributed by atoms with Crippen molar-refractivity contribution in [3.63, 3.8) is 0 Å². The Morgan fingerprint density at radius 3 is 2.78 bits per heavy atom. The standard InChI is InChI=1S/C13H14ClN3O/c1-8-4-5-10(14)11(6-8)18-12-9(2)7-16-13(15-3)17-12/h4-7H,1-3H3,(H,15,16,17). The SMILES string of the molecule is CNc1ncc(C)c(Oc2cc(C)ccc2Cl)n1. The van der Waals surface area contributed by atoms with Crippen molar-refractivity contribution in [3.05, 3.63) is 40.5 Å². The van der Waals surface area contributed by atoms with E-state index < -0.39 is 0 Å². The highest BCUT2D eigenvalue weighted by Crippen LogP contribution is 2.30. The lowest BCUT2D eigenvalue weighted by Gasteiger charge is -2.10. The molecule has 0 bridgehead atoms. The third-order valence-electron chi connectivity index (χ3n) is 2.44. The predicted molar refractivity (Wildman–Crippen MR) is 72.6 cm³/mol. The van der Waals surface area contributed by atoms with Gasteiger partial charge in [-0.25, -0.2) is 4.98 Å². The summed E-state index contributed by atoms with van der Waals surface area (Å²) < 4.78 is 5.74. The summed E-state index contributed by atoms with van der Waals surface area (Å²) in [6.07, 6.45) is 1.71. The summed E-state index contributed by atoms with van der Waals surface area (Å²) in [7, 11) is 1.76. The Bertz CT molecular complexity index is 572. The molecule has 0 aliphatic rings. The number of nitrogens with zero attached hydrogens (tertiary/aromatic N) is 2. The van der Waals surface area contributed by atoms with E-state index in [4.69, 9.17) is 16.3 Å². The molecule has 1 heterocycles. The number of aromatic nitrogens is 2. The average Bonchev–Trinajstić information content (AvgIpc) is 2.36. The van der Waals surface area contributed by atoms with Crippen molar-refractivity contribution >= 4 is 17.5 Å². The van der Waals surface area contributed by atoms with Gasteiger partial charge in [0.25, 0.3) is 0 Å². The minimum absolute atomic E-state index is 0.502. The third-order valence-corrected chi connectivity index (χ3v) is 2.75. The normalized spacial score (nSPS) is 10.2. The molecule has 1 aromatic carbocycles. The van der Waals surface area contributed by atoms with Crippen molar-refractivity contribution < 1.29 is 4.74 Å². The second-order valence-corrected chi connectivity index (χ2v) is 4.37. The van der Waals surface area contributed by atoms with Crippen molar-refractivity contribution in [1.29, 1.82) is 0 Å². The maximum atomic E-state index is 6.09. The summed E-state index contributed by atoms with van der Waals surface area (Å²) in [6.45, 7) is 3.87. The molecule has 0 saturated heterocycles. The molecule has 0 fully saturated rings. The fourth-order valence-corrected chi connectivity index (χ4v) is 1.60. The third kappa shape index (κ3) is 2.71. The zero-order valence-corrected chi connectivity index (χ0v) is 11.2. The molecule has 0 aliphatic carbocycles. The highest BCUT2D eigenvalue weighted by atomic mass is 35.5. The van der Waals surface area contributed by atoms with Crippen LogP contribution in [0.4, 0.5) is 5.95 Å². The lowest BCUT2D eigenvalue weighted by Crippen LogP contribution is -2.00. The second-order valence-electron chi connectivity index (χ2n) is 3.97. The van der Waals surface area contributed by atoms with Gasteiger partial charge in [-0.1, -0.05) is 17.7 Å². The highest BCUT2D eigenvalue weighted by molar-refractivity contribution is 6.32. The van der Waals surface area contributed by atoms with Crippen molar-refractivity contribution in [3.8, 4) is 11.6 Å². The molecule has 0 unspecified atom stereocenters. The number of halogens is 1. The largest absolute Gasteiger partial charge is 0.437 e. The molecule has 0 aliphatic heterocycles. The Morgan fingerprint density at radius 1 is 1.28 bits per heavy atom. The van der Waals surface area contributed by atoms with Gasteiger partial charge in [-0.05, 0) is 31.5 Å². The van der Waals surface area contributed by atoms with Crippen LogP contribution in [0.25, 0.3) is 0 Å². The molecule has 1 aromatic heterocycles. The minimum atomic E-state index is 0.502. The van der Waals surface area contributed by atoms with Crippen LogP contribution in [0.2, 0.25) is 5.02 Å². The monoisotopic (exact) mass is 263 g/mol. The van der Waals surface area contributed by atoms with Gasteiger partial charge in [0.15, 0.2) is 0 Å². The molecule has 0 spiro atoms. The smallest absolute Gasteiger partial charge is 0.227 e. The van der Waals surface area contributed by atoms with Gasteiger partial charge < -0.3 is 10.1 Å². The molecule has 2 rings (SSSR count). The molecule has 5 heteroatoms. The Kier molecular flexibility index (Phi) is 3.67. The Morgan fingerprint density at radius 2 is 2.06 bits per heavy atom. The molecule has 2 aromatic rings. The molecule has 4 nitrogen and oxygen atoms in total. The van der Waals surface area contributed by atoms with E-state index in [9.17, 15) is 0 Å². The van der Waals surface area contributed by atoms with Crippen LogP contribution in [0.5, 0.6) is 11.6 Å². The number of nitrogens with one attached hydrogen (secondary N) is 1. The van der Waals surface area contributed by atoms with Crippen molar-refractivity contribution in [2.45, 2.75) is 13.8 Å². The van der Waals surface area contributed by atoms with Gasteiger partial charge in [-0.15, -0.1) is 0 Å².